The van der Waals surface area contributed by atoms with Gasteiger partial charge in [0.25, 0.3) is 5.91 Å². The molecule has 0 aliphatic carbocycles. The van der Waals surface area contributed by atoms with Crippen LogP contribution in [0.1, 0.15) is 20.4 Å². The van der Waals surface area contributed by atoms with E-state index in [0.717, 1.165) is 26.3 Å². The van der Waals surface area contributed by atoms with Gasteiger partial charge >= 0.3 is 5.69 Å². The molecule has 0 aliphatic heterocycles. The Morgan fingerprint density at radius 2 is 1.87 bits per heavy atom. The summed E-state index contributed by atoms with van der Waals surface area (Å²) in [7, 11) is 0. The third-order valence-corrected chi connectivity index (χ3v) is 5.26. The highest BCUT2D eigenvalue weighted by molar-refractivity contribution is 7.13. The van der Waals surface area contributed by atoms with Crippen molar-refractivity contribution in [2.24, 2.45) is 0 Å². The molecule has 0 atom stereocenters. The van der Waals surface area contributed by atoms with Crippen molar-refractivity contribution in [1.82, 2.24) is 35.3 Å². The van der Waals surface area contributed by atoms with Crippen molar-refractivity contribution in [3.8, 4) is 5.69 Å². The quantitative estimate of drug-likeness (QED) is 0.486. The summed E-state index contributed by atoms with van der Waals surface area (Å²) < 4.78 is 15.1. The fourth-order valence-electron chi connectivity index (χ4n) is 2.55. The maximum absolute atomic E-state index is 12.9. The van der Waals surface area contributed by atoms with E-state index < -0.39 is 11.6 Å². The largest absolute Gasteiger partial charge is 0.368 e. The topological polar surface area (TPSA) is 108 Å². The van der Waals surface area contributed by atoms with E-state index in [1.807, 2.05) is 0 Å². The number of aromatic nitrogens is 6. The Labute approximate surface area is 177 Å². The van der Waals surface area contributed by atoms with Crippen LogP contribution in [0.2, 0.25) is 5.02 Å². The number of hydrogen-bond acceptors (Lipinski definition) is 7. The first-order valence-corrected chi connectivity index (χ1v) is 9.83. The Balaban J connectivity index is 1.43. The summed E-state index contributed by atoms with van der Waals surface area (Å²) in [6.45, 7) is 0.228. The van der Waals surface area contributed by atoms with E-state index >= 15 is 0 Å². The highest BCUT2D eigenvalue weighted by atomic mass is 35.5. The third kappa shape index (κ3) is 4.26. The van der Waals surface area contributed by atoms with Crippen LogP contribution in [0.5, 0.6) is 0 Å². The van der Waals surface area contributed by atoms with Gasteiger partial charge in [-0.25, -0.2) is 9.18 Å². The molecule has 30 heavy (non-hydrogen) atoms. The normalized spacial score (nSPS) is 10.9. The summed E-state index contributed by atoms with van der Waals surface area (Å²) in [5.74, 6) is -0.768. The van der Waals surface area contributed by atoms with E-state index in [0.29, 0.717) is 15.7 Å². The van der Waals surface area contributed by atoms with E-state index in [-0.39, 0.29) is 23.9 Å². The molecule has 2 aromatic carbocycles. The number of nitrogens with one attached hydrogen (secondary N) is 1. The van der Waals surface area contributed by atoms with Gasteiger partial charge in [0.15, 0.2) is 0 Å². The highest BCUT2D eigenvalue weighted by Crippen LogP contribution is 2.17. The molecule has 0 unspecified atom stereocenters. The van der Waals surface area contributed by atoms with E-state index in [1.54, 1.807) is 36.4 Å². The van der Waals surface area contributed by atoms with Crippen molar-refractivity contribution in [2.75, 3.05) is 0 Å². The van der Waals surface area contributed by atoms with Gasteiger partial charge in [-0.05, 0) is 40.3 Å². The fraction of sp³-hybridized carbons (Fsp3) is 0.111. The van der Waals surface area contributed by atoms with Crippen LogP contribution in [0.25, 0.3) is 5.69 Å². The lowest BCUT2D eigenvalue weighted by atomic mass is 10.2. The van der Waals surface area contributed by atoms with Crippen LogP contribution in [-0.2, 0) is 13.1 Å². The molecule has 1 N–H and O–H groups in total. The minimum absolute atomic E-state index is 0.00615. The molecule has 12 heteroatoms. The van der Waals surface area contributed by atoms with Crippen molar-refractivity contribution in [1.29, 1.82) is 0 Å². The maximum Gasteiger partial charge on any atom is 0.368 e. The lowest BCUT2D eigenvalue weighted by Gasteiger charge is -2.02. The molecule has 2 aromatic heterocycles. The SMILES string of the molecule is O=C(NCc1ccc(F)cc1)c1nnc(Cn2nnn(-c3ccccc3Cl)c2=O)s1. The van der Waals surface area contributed by atoms with Gasteiger partial charge in [-0.3, -0.25) is 4.79 Å². The molecule has 0 bridgehead atoms. The second kappa shape index (κ2) is 8.51. The Kier molecular flexibility index (Phi) is 5.63. The molecule has 4 aromatic rings. The van der Waals surface area contributed by atoms with Crippen molar-refractivity contribution >= 4 is 28.8 Å². The smallest absolute Gasteiger partial charge is 0.346 e. The molecule has 1 amide bonds. The summed E-state index contributed by atoms with van der Waals surface area (Å²) in [5, 5.41) is 19.1. The molecule has 9 nitrogen and oxygen atoms in total. The van der Waals surface area contributed by atoms with Crippen LogP contribution in [0, 0.1) is 5.82 Å². The van der Waals surface area contributed by atoms with Gasteiger partial charge in [0.1, 0.15) is 17.4 Å². The number of nitrogens with zero attached hydrogens (tertiary/aromatic N) is 6. The number of halogens is 2. The maximum atomic E-state index is 12.9. The molecule has 4 rings (SSSR count). The zero-order valence-electron chi connectivity index (χ0n) is 15.2. The van der Waals surface area contributed by atoms with Crippen molar-refractivity contribution in [3.63, 3.8) is 0 Å². The predicted octanol–water partition coefficient (Wildman–Crippen LogP) is 2.05. The first-order chi connectivity index (χ1) is 14.5. The summed E-state index contributed by atoms with van der Waals surface area (Å²) >= 11 is 7.13. The van der Waals surface area contributed by atoms with E-state index in [1.165, 1.54) is 12.1 Å². The number of hydrogen-bond donors (Lipinski definition) is 1. The summed E-state index contributed by atoms with van der Waals surface area (Å²) in [6, 6.07) is 12.6. The number of benzene rings is 2. The standard InChI is InChI=1S/C18H13ClFN7O2S/c19-13-3-1-2-4-14(13)27-18(29)26(24-25-27)10-15-22-23-17(30-15)16(28)21-9-11-5-7-12(20)8-6-11/h1-8H,9-10H2,(H,21,28). The Hall–Kier alpha value is -3.44. The average molecular weight is 446 g/mol. The lowest BCUT2D eigenvalue weighted by molar-refractivity contribution is 0.0950. The first-order valence-electron chi connectivity index (χ1n) is 8.64. The fourth-order valence-corrected chi connectivity index (χ4v) is 3.50. The van der Waals surface area contributed by atoms with Crippen LogP contribution in [-0.4, -0.2) is 35.9 Å². The van der Waals surface area contributed by atoms with Crippen LogP contribution in [0.4, 0.5) is 4.39 Å². The molecule has 0 saturated heterocycles. The molecule has 0 fully saturated rings. The molecule has 0 radical (unpaired) electrons. The number of carbonyl (C=O) groups excluding carboxylic acids is 1. The molecule has 152 valence electrons. The van der Waals surface area contributed by atoms with E-state index in [2.05, 4.69) is 25.9 Å². The summed E-state index contributed by atoms with van der Waals surface area (Å²) in [4.78, 5) is 24.8. The van der Waals surface area contributed by atoms with Crippen LogP contribution < -0.4 is 11.0 Å². The Morgan fingerprint density at radius 3 is 2.63 bits per heavy atom. The van der Waals surface area contributed by atoms with E-state index in [9.17, 15) is 14.0 Å². The minimum atomic E-state index is -0.499. The van der Waals surface area contributed by atoms with Gasteiger partial charge in [0, 0.05) is 6.54 Å². The van der Waals surface area contributed by atoms with Crippen LogP contribution >= 0.6 is 22.9 Å². The molecule has 0 spiro atoms. The number of carbonyl (C=O) groups is 1. The molecular formula is C18H13ClFN7O2S. The zero-order chi connectivity index (χ0) is 21.1. The van der Waals surface area contributed by atoms with Crippen LogP contribution in [0.15, 0.2) is 53.3 Å². The summed E-state index contributed by atoms with van der Waals surface area (Å²) in [6.07, 6.45) is 0. The Bertz CT molecular complexity index is 1250. The number of rotatable bonds is 6. The molecule has 0 saturated carbocycles. The van der Waals surface area contributed by atoms with Crippen molar-refractivity contribution < 1.29 is 9.18 Å². The van der Waals surface area contributed by atoms with Gasteiger partial charge in [0.2, 0.25) is 5.01 Å². The lowest BCUT2D eigenvalue weighted by Crippen LogP contribution is -2.24. The zero-order valence-corrected chi connectivity index (χ0v) is 16.8. The summed E-state index contributed by atoms with van der Waals surface area (Å²) in [5.41, 5.74) is 0.659. The predicted molar refractivity (Wildman–Crippen MR) is 107 cm³/mol. The average Bonchev–Trinajstić information content (AvgIpc) is 3.36. The van der Waals surface area contributed by atoms with Crippen molar-refractivity contribution in [2.45, 2.75) is 13.1 Å². The first kappa shape index (κ1) is 19.9. The number of amides is 1. The van der Waals surface area contributed by atoms with Crippen LogP contribution in [0.3, 0.4) is 0 Å². The molecule has 0 aliphatic rings. The van der Waals surface area contributed by atoms with Gasteiger partial charge in [0.05, 0.1) is 10.7 Å². The minimum Gasteiger partial charge on any atom is -0.346 e. The molecule has 2 heterocycles. The van der Waals surface area contributed by atoms with Gasteiger partial charge in [-0.2, -0.15) is 9.36 Å². The van der Waals surface area contributed by atoms with Gasteiger partial charge in [-0.1, -0.05) is 47.2 Å². The Morgan fingerprint density at radius 1 is 1.10 bits per heavy atom. The third-order valence-electron chi connectivity index (χ3n) is 4.03. The number of tetrazole rings is 1. The van der Waals surface area contributed by atoms with Gasteiger partial charge in [-0.15, -0.1) is 10.2 Å². The number of para-hydroxylation sites is 1. The second-order valence-electron chi connectivity index (χ2n) is 6.09. The van der Waals surface area contributed by atoms with E-state index in [4.69, 9.17) is 11.6 Å². The van der Waals surface area contributed by atoms with Gasteiger partial charge < -0.3 is 5.32 Å². The van der Waals surface area contributed by atoms with Crippen molar-refractivity contribution in [3.05, 3.63) is 85.4 Å². The second-order valence-corrected chi connectivity index (χ2v) is 7.56. The monoisotopic (exact) mass is 445 g/mol. The molecular weight excluding hydrogens is 433 g/mol. The highest BCUT2D eigenvalue weighted by Gasteiger charge is 2.16.